The van der Waals surface area contributed by atoms with Crippen molar-refractivity contribution in [1.29, 1.82) is 0 Å². The summed E-state index contributed by atoms with van der Waals surface area (Å²) in [5.41, 5.74) is 4.30. The van der Waals surface area contributed by atoms with Gasteiger partial charge in [0, 0.05) is 44.0 Å². The molecule has 0 aliphatic carbocycles. The summed E-state index contributed by atoms with van der Waals surface area (Å²) in [5, 5.41) is 2.99. The second-order valence-electron chi connectivity index (χ2n) is 8.24. The van der Waals surface area contributed by atoms with Crippen LogP contribution in [0.2, 0.25) is 0 Å². The van der Waals surface area contributed by atoms with Gasteiger partial charge in [-0.3, -0.25) is 9.59 Å². The van der Waals surface area contributed by atoms with Gasteiger partial charge in [-0.1, -0.05) is 29.8 Å². The highest BCUT2D eigenvalue weighted by Gasteiger charge is 2.34. The zero-order valence-electron chi connectivity index (χ0n) is 17.1. The number of hydrogen-bond acceptors (Lipinski definition) is 3. The molecule has 2 fully saturated rings. The van der Waals surface area contributed by atoms with Gasteiger partial charge in [-0.25, -0.2) is 0 Å². The van der Waals surface area contributed by atoms with Crippen LogP contribution in [0.1, 0.15) is 36.8 Å². The molecular formula is C24H29N3O2. The molecule has 5 nitrogen and oxygen atoms in total. The molecule has 0 saturated carbocycles. The minimum atomic E-state index is -0.297. The van der Waals surface area contributed by atoms with Crippen molar-refractivity contribution in [2.24, 2.45) is 5.92 Å². The lowest BCUT2D eigenvalue weighted by Gasteiger charge is -2.28. The number of amides is 2. The van der Waals surface area contributed by atoms with Crippen molar-refractivity contribution in [2.45, 2.75) is 39.2 Å². The van der Waals surface area contributed by atoms with Crippen molar-refractivity contribution >= 4 is 23.2 Å². The van der Waals surface area contributed by atoms with Crippen LogP contribution in [0.25, 0.3) is 0 Å². The molecule has 1 N–H and O–H groups in total. The number of anilines is 2. The summed E-state index contributed by atoms with van der Waals surface area (Å²) in [6.07, 6.45) is 4.08. The van der Waals surface area contributed by atoms with Crippen LogP contribution in [0, 0.1) is 12.8 Å². The second kappa shape index (κ2) is 8.68. The number of piperidine rings is 1. The molecule has 5 heteroatoms. The molecule has 0 spiro atoms. The molecule has 152 valence electrons. The topological polar surface area (TPSA) is 52.7 Å². The molecule has 2 aliphatic rings. The summed E-state index contributed by atoms with van der Waals surface area (Å²) in [6, 6.07) is 16.3. The van der Waals surface area contributed by atoms with E-state index in [0.29, 0.717) is 13.1 Å². The van der Waals surface area contributed by atoms with Crippen LogP contribution < -0.4 is 10.2 Å². The van der Waals surface area contributed by atoms with Crippen LogP contribution in [0.15, 0.2) is 48.5 Å². The Labute approximate surface area is 172 Å². The first-order valence-corrected chi connectivity index (χ1v) is 10.6. The molecule has 2 heterocycles. The normalized spacial score (nSPS) is 19.5. The molecule has 1 unspecified atom stereocenters. The zero-order valence-corrected chi connectivity index (χ0v) is 17.1. The van der Waals surface area contributed by atoms with Crippen molar-refractivity contribution in [1.82, 2.24) is 4.90 Å². The minimum absolute atomic E-state index is 0.0474. The number of hydrogen-bond donors (Lipinski definition) is 1. The van der Waals surface area contributed by atoms with Crippen molar-refractivity contribution in [2.75, 3.05) is 29.9 Å². The van der Waals surface area contributed by atoms with E-state index in [1.165, 1.54) is 30.5 Å². The fraction of sp³-hybridized carbons (Fsp3) is 0.417. The standard InChI is InChI=1S/C24H29N3O2/c1-18-5-7-19(8-6-18)16-27-17-20(15-23(27)28)24(29)25-21-9-11-22(12-10-21)26-13-3-2-4-14-26/h5-12,20H,2-4,13-17H2,1H3,(H,25,29). The van der Waals surface area contributed by atoms with Gasteiger partial charge in [0.25, 0.3) is 0 Å². The highest BCUT2D eigenvalue weighted by molar-refractivity contribution is 5.97. The number of benzene rings is 2. The van der Waals surface area contributed by atoms with Gasteiger partial charge in [0.1, 0.15) is 0 Å². The van der Waals surface area contributed by atoms with E-state index >= 15 is 0 Å². The first kappa shape index (κ1) is 19.5. The van der Waals surface area contributed by atoms with E-state index in [1.54, 1.807) is 4.90 Å². The van der Waals surface area contributed by atoms with E-state index in [0.717, 1.165) is 24.3 Å². The van der Waals surface area contributed by atoms with Gasteiger partial charge in [-0.15, -0.1) is 0 Å². The lowest BCUT2D eigenvalue weighted by atomic mass is 10.1. The summed E-state index contributed by atoms with van der Waals surface area (Å²) in [7, 11) is 0. The summed E-state index contributed by atoms with van der Waals surface area (Å²) < 4.78 is 0. The van der Waals surface area contributed by atoms with Gasteiger partial charge in [0.05, 0.1) is 5.92 Å². The van der Waals surface area contributed by atoms with Gasteiger partial charge in [0.2, 0.25) is 11.8 Å². The van der Waals surface area contributed by atoms with Crippen LogP contribution in [0.3, 0.4) is 0 Å². The third-order valence-corrected chi connectivity index (χ3v) is 5.94. The van der Waals surface area contributed by atoms with Crippen LogP contribution in [-0.2, 0) is 16.1 Å². The second-order valence-corrected chi connectivity index (χ2v) is 8.24. The minimum Gasteiger partial charge on any atom is -0.372 e. The summed E-state index contributed by atoms with van der Waals surface area (Å²) in [5.74, 6) is -0.323. The number of carbonyl (C=O) groups is 2. The molecule has 2 amide bonds. The molecule has 0 radical (unpaired) electrons. The number of aryl methyl sites for hydroxylation is 1. The summed E-state index contributed by atoms with van der Waals surface area (Å²) in [6.45, 7) is 5.29. The van der Waals surface area contributed by atoms with Gasteiger partial charge >= 0.3 is 0 Å². The van der Waals surface area contributed by atoms with Crippen molar-refractivity contribution in [3.05, 3.63) is 59.7 Å². The predicted molar refractivity (Wildman–Crippen MR) is 116 cm³/mol. The fourth-order valence-electron chi connectivity index (χ4n) is 4.17. The van der Waals surface area contributed by atoms with Crippen LogP contribution in [0.5, 0.6) is 0 Å². The van der Waals surface area contributed by atoms with E-state index in [1.807, 2.05) is 43.3 Å². The average molecular weight is 392 g/mol. The summed E-state index contributed by atoms with van der Waals surface area (Å²) >= 11 is 0. The number of nitrogens with one attached hydrogen (secondary N) is 1. The highest BCUT2D eigenvalue weighted by Crippen LogP contribution is 2.24. The number of likely N-dealkylation sites (tertiary alicyclic amines) is 1. The first-order valence-electron chi connectivity index (χ1n) is 10.6. The number of carbonyl (C=O) groups excluding carboxylic acids is 2. The van der Waals surface area contributed by atoms with Crippen LogP contribution in [-0.4, -0.2) is 36.3 Å². The molecule has 4 rings (SSSR count). The average Bonchev–Trinajstić information content (AvgIpc) is 3.11. The molecular weight excluding hydrogens is 362 g/mol. The van der Waals surface area contributed by atoms with E-state index < -0.39 is 0 Å². The van der Waals surface area contributed by atoms with E-state index in [9.17, 15) is 9.59 Å². The molecule has 2 aromatic carbocycles. The first-order chi connectivity index (χ1) is 14.1. The van der Waals surface area contributed by atoms with E-state index in [-0.39, 0.29) is 24.2 Å². The Morgan fingerprint density at radius 3 is 2.38 bits per heavy atom. The number of nitrogens with zero attached hydrogens (tertiary/aromatic N) is 2. The Morgan fingerprint density at radius 1 is 1.00 bits per heavy atom. The molecule has 2 aliphatic heterocycles. The van der Waals surface area contributed by atoms with Crippen molar-refractivity contribution in [3.8, 4) is 0 Å². The van der Waals surface area contributed by atoms with Crippen LogP contribution in [0.4, 0.5) is 11.4 Å². The quantitative estimate of drug-likeness (QED) is 0.839. The van der Waals surface area contributed by atoms with E-state index in [4.69, 9.17) is 0 Å². The zero-order chi connectivity index (χ0) is 20.2. The Morgan fingerprint density at radius 2 is 1.69 bits per heavy atom. The molecule has 0 bridgehead atoms. The molecule has 2 aromatic rings. The monoisotopic (exact) mass is 391 g/mol. The third-order valence-electron chi connectivity index (χ3n) is 5.94. The Balaban J connectivity index is 1.32. The maximum atomic E-state index is 12.7. The van der Waals surface area contributed by atoms with Gasteiger partial charge < -0.3 is 15.1 Å². The lowest BCUT2D eigenvalue weighted by molar-refractivity contribution is -0.128. The summed E-state index contributed by atoms with van der Waals surface area (Å²) in [4.78, 5) is 29.2. The molecule has 0 aromatic heterocycles. The Hall–Kier alpha value is -2.82. The maximum Gasteiger partial charge on any atom is 0.229 e. The van der Waals surface area contributed by atoms with Gasteiger partial charge in [0.15, 0.2) is 0 Å². The predicted octanol–water partition coefficient (Wildman–Crippen LogP) is 3.97. The smallest absolute Gasteiger partial charge is 0.229 e. The largest absolute Gasteiger partial charge is 0.372 e. The SMILES string of the molecule is Cc1ccc(CN2CC(C(=O)Nc3ccc(N4CCCCC4)cc3)CC2=O)cc1. The fourth-order valence-corrected chi connectivity index (χ4v) is 4.17. The molecule has 29 heavy (non-hydrogen) atoms. The Bertz CT molecular complexity index is 855. The van der Waals surface area contributed by atoms with Gasteiger partial charge in [-0.2, -0.15) is 0 Å². The van der Waals surface area contributed by atoms with Crippen molar-refractivity contribution < 1.29 is 9.59 Å². The van der Waals surface area contributed by atoms with Crippen molar-refractivity contribution in [3.63, 3.8) is 0 Å². The number of rotatable bonds is 5. The van der Waals surface area contributed by atoms with E-state index in [2.05, 4.69) is 22.3 Å². The highest BCUT2D eigenvalue weighted by atomic mass is 16.2. The van der Waals surface area contributed by atoms with Crippen LogP contribution >= 0.6 is 0 Å². The molecule has 2 saturated heterocycles. The Kier molecular flexibility index (Phi) is 5.84. The molecule has 1 atom stereocenters. The maximum absolute atomic E-state index is 12.7. The lowest BCUT2D eigenvalue weighted by Crippen LogP contribution is -2.29. The third kappa shape index (κ3) is 4.78. The van der Waals surface area contributed by atoms with Gasteiger partial charge in [-0.05, 0) is 56.0 Å².